The molecule has 0 atom stereocenters. The fourth-order valence-corrected chi connectivity index (χ4v) is 5.49. The van der Waals surface area contributed by atoms with Crippen molar-refractivity contribution in [2.45, 2.75) is 24.2 Å². The summed E-state index contributed by atoms with van der Waals surface area (Å²) in [6.45, 7) is 0.607. The van der Waals surface area contributed by atoms with E-state index in [1.165, 1.54) is 29.6 Å². The lowest BCUT2D eigenvalue weighted by Crippen LogP contribution is -2.34. The number of halogens is 2. The zero-order valence-corrected chi connectivity index (χ0v) is 21.5. The van der Waals surface area contributed by atoms with Crippen molar-refractivity contribution in [1.82, 2.24) is 4.31 Å². The molecule has 3 aromatic rings. The van der Waals surface area contributed by atoms with Gasteiger partial charge in [0, 0.05) is 32.2 Å². The first-order valence-electron chi connectivity index (χ1n) is 11.0. The second-order valence-electron chi connectivity index (χ2n) is 7.92. The van der Waals surface area contributed by atoms with E-state index in [9.17, 15) is 13.2 Å². The Morgan fingerprint density at radius 2 is 1.63 bits per heavy atom. The third-order valence-corrected chi connectivity index (χ3v) is 8.37. The Morgan fingerprint density at radius 3 is 2.29 bits per heavy atom. The topological polar surface area (TPSA) is 81.5 Å². The zero-order chi connectivity index (χ0) is 25.4. The third-order valence-electron chi connectivity index (χ3n) is 5.54. The fourth-order valence-electron chi connectivity index (χ4n) is 3.55. The number of carbonyl (C=O) groups is 1. The molecule has 3 rings (SSSR count). The zero-order valence-electron chi connectivity index (χ0n) is 19.2. The van der Waals surface area contributed by atoms with Crippen LogP contribution < -0.4 is 4.90 Å². The Hall–Kier alpha value is -2.89. The van der Waals surface area contributed by atoms with Crippen LogP contribution in [0.25, 0.3) is 0 Å². The molecule has 0 aliphatic carbocycles. The van der Waals surface area contributed by atoms with Crippen LogP contribution in [0, 0.1) is 11.3 Å². The van der Waals surface area contributed by atoms with Crippen LogP contribution in [0.5, 0.6) is 0 Å². The summed E-state index contributed by atoms with van der Waals surface area (Å²) in [4.78, 5) is 14.8. The normalized spacial score (nSPS) is 11.3. The van der Waals surface area contributed by atoms with Gasteiger partial charge in [0.1, 0.15) is 4.90 Å². The lowest BCUT2D eigenvalue weighted by atomic mass is 10.1. The van der Waals surface area contributed by atoms with Gasteiger partial charge in [-0.1, -0.05) is 59.6 Å². The molecule has 0 heterocycles. The number of carbonyl (C=O) groups excluding carboxylic acids is 1. The second-order valence-corrected chi connectivity index (χ2v) is 10.7. The van der Waals surface area contributed by atoms with Crippen molar-refractivity contribution in [3.05, 3.63) is 94.0 Å². The minimum atomic E-state index is -3.85. The molecule has 0 radical (unpaired) electrons. The highest BCUT2D eigenvalue weighted by Gasteiger charge is 2.25. The van der Waals surface area contributed by atoms with Crippen molar-refractivity contribution in [3.63, 3.8) is 0 Å². The van der Waals surface area contributed by atoms with Gasteiger partial charge in [0.2, 0.25) is 15.9 Å². The molecule has 9 heteroatoms. The minimum Gasteiger partial charge on any atom is -0.312 e. The smallest absolute Gasteiger partial charge is 0.244 e. The van der Waals surface area contributed by atoms with Gasteiger partial charge in [-0.15, -0.1) is 0 Å². The molecular formula is C26H25Cl2N3O3S. The van der Waals surface area contributed by atoms with Crippen LogP contribution in [0.1, 0.15) is 24.0 Å². The molecule has 0 aliphatic heterocycles. The first kappa shape index (κ1) is 26.7. The first-order chi connectivity index (χ1) is 16.7. The third kappa shape index (κ3) is 6.83. The van der Waals surface area contributed by atoms with E-state index < -0.39 is 10.0 Å². The summed E-state index contributed by atoms with van der Waals surface area (Å²) in [5.41, 5.74) is 2.38. The van der Waals surface area contributed by atoms with Gasteiger partial charge in [-0.25, -0.2) is 12.7 Å². The number of amides is 1. The van der Waals surface area contributed by atoms with Crippen LogP contribution in [-0.4, -0.2) is 38.8 Å². The summed E-state index contributed by atoms with van der Waals surface area (Å²) in [5, 5.41) is 9.12. The number of para-hydroxylation sites is 1. The summed E-state index contributed by atoms with van der Waals surface area (Å²) in [6, 6.07) is 23.2. The van der Waals surface area contributed by atoms with E-state index in [-0.39, 0.29) is 33.8 Å². The van der Waals surface area contributed by atoms with E-state index >= 15 is 0 Å². The summed E-state index contributed by atoms with van der Waals surface area (Å²) < 4.78 is 27.0. The van der Waals surface area contributed by atoms with E-state index in [2.05, 4.69) is 6.07 Å². The Balaban J connectivity index is 1.65. The molecule has 182 valence electrons. The minimum absolute atomic E-state index is 0.0184. The molecule has 1 amide bonds. The molecule has 0 N–H and O–H groups in total. The molecule has 0 bridgehead atoms. The lowest BCUT2D eigenvalue weighted by molar-refractivity contribution is -0.118. The molecule has 0 saturated carbocycles. The van der Waals surface area contributed by atoms with Gasteiger partial charge in [0.25, 0.3) is 0 Å². The first-order valence-corrected chi connectivity index (χ1v) is 13.2. The number of nitrogens with zero attached hydrogens (tertiary/aromatic N) is 3. The van der Waals surface area contributed by atoms with Crippen molar-refractivity contribution in [3.8, 4) is 6.07 Å². The van der Waals surface area contributed by atoms with E-state index in [0.717, 1.165) is 11.3 Å². The largest absolute Gasteiger partial charge is 0.312 e. The number of sulfonamides is 1. The predicted molar refractivity (Wildman–Crippen MR) is 139 cm³/mol. The summed E-state index contributed by atoms with van der Waals surface area (Å²) in [5.74, 6) is -0.101. The van der Waals surface area contributed by atoms with Gasteiger partial charge in [-0.2, -0.15) is 5.26 Å². The second kappa shape index (κ2) is 12.2. The molecule has 6 nitrogen and oxygen atoms in total. The molecule has 3 aromatic carbocycles. The summed E-state index contributed by atoms with van der Waals surface area (Å²) in [6.07, 6.45) is 1.13. The van der Waals surface area contributed by atoms with Crippen LogP contribution in [0.3, 0.4) is 0 Å². The Bertz CT molecular complexity index is 1310. The van der Waals surface area contributed by atoms with Gasteiger partial charge < -0.3 is 4.90 Å². The average Bonchev–Trinajstić information content (AvgIpc) is 2.86. The van der Waals surface area contributed by atoms with Crippen LogP contribution in [0.15, 0.2) is 77.7 Å². The van der Waals surface area contributed by atoms with Crippen LogP contribution in [0.4, 0.5) is 5.69 Å². The number of anilines is 1. The van der Waals surface area contributed by atoms with Gasteiger partial charge in [0.05, 0.1) is 21.7 Å². The highest BCUT2D eigenvalue weighted by molar-refractivity contribution is 7.89. The van der Waals surface area contributed by atoms with E-state index in [1.54, 1.807) is 17.0 Å². The Morgan fingerprint density at radius 1 is 0.943 bits per heavy atom. The molecule has 0 fully saturated rings. The van der Waals surface area contributed by atoms with Crippen LogP contribution in [0.2, 0.25) is 10.0 Å². The summed E-state index contributed by atoms with van der Waals surface area (Å²) >= 11 is 12.1. The number of hydrogen-bond acceptors (Lipinski definition) is 4. The summed E-state index contributed by atoms with van der Waals surface area (Å²) in [7, 11) is -2.39. The van der Waals surface area contributed by atoms with E-state index in [4.69, 9.17) is 28.5 Å². The monoisotopic (exact) mass is 529 g/mol. The van der Waals surface area contributed by atoms with Crippen molar-refractivity contribution >= 4 is 44.8 Å². The van der Waals surface area contributed by atoms with Gasteiger partial charge in [-0.05, 0) is 54.8 Å². The van der Waals surface area contributed by atoms with Crippen LogP contribution >= 0.6 is 23.2 Å². The van der Waals surface area contributed by atoms with Crippen LogP contribution in [-0.2, 0) is 21.2 Å². The quantitative estimate of drug-likeness (QED) is 0.345. The van der Waals surface area contributed by atoms with Gasteiger partial charge in [0.15, 0.2) is 0 Å². The maximum absolute atomic E-state index is 13.1. The number of hydrogen-bond donors (Lipinski definition) is 0. The SMILES string of the molecule is CN(CCCC(=O)N(CCc1ccc(C#N)cc1)c1ccccc1)S(=O)(=O)c1cccc(Cl)c1Cl. The molecule has 35 heavy (non-hydrogen) atoms. The highest BCUT2D eigenvalue weighted by Crippen LogP contribution is 2.30. The molecule has 0 aromatic heterocycles. The van der Waals surface area contributed by atoms with Gasteiger partial charge in [-0.3, -0.25) is 4.79 Å². The standard InChI is InChI=1S/C26H25Cl2N3O3S/c1-30(35(33,34)24-10-5-9-23(27)26(24)28)17-6-11-25(32)31(22-7-3-2-4-8-22)18-16-20-12-14-21(19-29)15-13-20/h2-5,7-10,12-15H,6,11,16-18H2,1H3. The number of nitriles is 1. The molecule has 0 aliphatic rings. The number of rotatable bonds is 10. The maximum Gasteiger partial charge on any atom is 0.244 e. The Labute approximate surface area is 216 Å². The molecule has 0 spiro atoms. The van der Waals surface area contributed by atoms with Gasteiger partial charge >= 0.3 is 0 Å². The van der Waals surface area contributed by atoms with E-state index in [1.807, 2.05) is 42.5 Å². The van der Waals surface area contributed by atoms with E-state index in [0.29, 0.717) is 24.9 Å². The Kier molecular flexibility index (Phi) is 9.30. The van der Waals surface area contributed by atoms with Crippen molar-refractivity contribution in [1.29, 1.82) is 5.26 Å². The molecule has 0 saturated heterocycles. The molecular weight excluding hydrogens is 505 g/mol. The number of benzene rings is 3. The lowest BCUT2D eigenvalue weighted by Gasteiger charge is -2.24. The van der Waals surface area contributed by atoms with Crippen molar-refractivity contribution in [2.24, 2.45) is 0 Å². The maximum atomic E-state index is 13.1. The fraction of sp³-hybridized carbons (Fsp3) is 0.231. The predicted octanol–water partition coefficient (Wildman–Crippen LogP) is 5.54. The average molecular weight is 530 g/mol. The van der Waals surface area contributed by atoms with Crippen molar-refractivity contribution < 1.29 is 13.2 Å². The van der Waals surface area contributed by atoms with Crippen molar-refractivity contribution in [2.75, 3.05) is 25.0 Å². The molecule has 0 unspecified atom stereocenters. The highest BCUT2D eigenvalue weighted by atomic mass is 35.5.